The lowest BCUT2D eigenvalue weighted by molar-refractivity contribution is 0.342. The Morgan fingerprint density at radius 1 is 1.45 bits per heavy atom. The quantitative estimate of drug-likeness (QED) is 0.876. The highest BCUT2D eigenvalue weighted by Gasteiger charge is 2.24. The fourth-order valence-electron chi connectivity index (χ4n) is 2.54. The number of aryl methyl sites for hydroxylation is 1. The predicted molar refractivity (Wildman–Crippen MR) is 84.3 cm³/mol. The maximum absolute atomic E-state index is 12.4. The third-order valence-electron chi connectivity index (χ3n) is 3.82. The van der Waals surface area contributed by atoms with Crippen LogP contribution in [0, 0.1) is 12.8 Å². The van der Waals surface area contributed by atoms with Gasteiger partial charge in [0, 0.05) is 17.6 Å². The molecule has 1 aromatic carbocycles. The van der Waals surface area contributed by atoms with Gasteiger partial charge in [0.25, 0.3) is 0 Å². The smallest absolute Gasteiger partial charge is 0.240 e. The van der Waals surface area contributed by atoms with Gasteiger partial charge in [0.05, 0.1) is 4.90 Å². The molecule has 4 nitrogen and oxygen atoms in total. The van der Waals surface area contributed by atoms with Crippen LogP contribution in [0.1, 0.15) is 18.9 Å². The highest BCUT2D eigenvalue weighted by Crippen LogP contribution is 2.21. The largest absolute Gasteiger partial charge is 0.303 e. The third-order valence-corrected chi connectivity index (χ3v) is 5.88. The number of likely N-dealkylation sites (tertiary alicyclic amines) is 1. The maximum Gasteiger partial charge on any atom is 0.240 e. The topological polar surface area (TPSA) is 49.4 Å². The van der Waals surface area contributed by atoms with E-state index in [1.807, 2.05) is 19.1 Å². The number of benzene rings is 1. The molecule has 0 aliphatic carbocycles. The minimum atomic E-state index is -3.42. The van der Waals surface area contributed by atoms with Gasteiger partial charge in [-0.3, -0.25) is 0 Å². The van der Waals surface area contributed by atoms with Gasteiger partial charge in [-0.1, -0.05) is 28.9 Å². The molecule has 6 heteroatoms. The highest BCUT2D eigenvalue weighted by molar-refractivity contribution is 9.10. The van der Waals surface area contributed by atoms with Gasteiger partial charge in [-0.25, -0.2) is 13.1 Å². The van der Waals surface area contributed by atoms with Crippen LogP contribution in [0.2, 0.25) is 0 Å². The average Bonchev–Trinajstić information content (AvgIpc) is 2.87. The Bertz CT molecular complexity index is 575. The molecule has 1 aliphatic rings. The summed E-state index contributed by atoms with van der Waals surface area (Å²) in [6.07, 6.45) is 1.06. The van der Waals surface area contributed by atoms with Crippen molar-refractivity contribution in [3.63, 3.8) is 0 Å². The molecule has 0 saturated carbocycles. The van der Waals surface area contributed by atoms with Crippen LogP contribution >= 0.6 is 15.9 Å². The zero-order valence-electron chi connectivity index (χ0n) is 11.9. The summed E-state index contributed by atoms with van der Waals surface area (Å²) in [4.78, 5) is 2.71. The van der Waals surface area contributed by atoms with Crippen LogP contribution in [0.4, 0.5) is 0 Å². The van der Waals surface area contributed by atoms with Crippen LogP contribution in [-0.4, -0.2) is 39.5 Å². The minimum absolute atomic E-state index is 0.359. The van der Waals surface area contributed by atoms with Crippen LogP contribution in [0.5, 0.6) is 0 Å². The van der Waals surface area contributed by atoms with E-state index in [0.717, 1.165) is 36.1 Å². The van der Waals surface area contributed by atoms with E-state index in [0.29, 0.717) is 17.4 Å². The SMILES string of the molecule is CCN1CCC(CNS(=O)(=O)c2cc(Br)ccc2C)C1. The lowest BCUT2D eigenvalue weighted by Crippen LogP contribution is -2.31. The molecule has 20 heavy (non-hydrogen) atoms. The van der Waals surface area contributed by atoms with Crippen LogP contribution in [0.25, 0.3) is 0 Å². The Hall–Kier alpha value is -0.430. The van der Waals surface area contributed by atoms with Crippen molar-refractivity contribution in [3.05, 3.63) is 28.2 Å². The summed E-state index contributed by atoms with van der Waals surface area (Å²) in [7, 11) is -3.42. The summed E-state index contributed by atoms with van der Waals surface area (Å²) in [5, 5.41) is 0. The number of nitrogens with zero attached hydrogens (tertiary/aromatic N) is 1. The number of nitrogens with one attached hydrogen (secondary N) is 1. The summed E-state index contributed by atoms with van der Waals surface area (Å²) in [6.45, 7) is 7.56. The molecular formula is C14H21BrN2O2S. The average molecular weight is 361 g/mol. The fraction of sp³-hybridized carbons (Fsp3) is 0.571. The Kier molecular flexibility index (Phi) is 5.23. The van der Waals surface area contributed by atoms with Crippen LogP contribution in [-0.2, 0) is 10.0 Å². The van der Waals surface area contributed by atoms with E-state index in [1.165, 1.54) is 0 Å². The Morgan fingerprint density at radius 3 is 2.85 bits per heavy atom. The number of sulfonamides is 1. The van der Waals surface area contributed by atoms with Crippen LogP contribution in [0.15, 0.2) is 27.6 Å². The van der Waals surface area contributed by atoms with Gasteiger partial charge in [-0.05, 0) is 50.0 Å². The first-order valence-electron chi connectivity index (χ1n) is 6.90. The molecule has 1 fully saturated rings. The molecule has 0 spiro atoms. The van der Waals surface area contributed by atoms with Crippen LogP contribution < -0.4 is 4.72 Å². The summed E-state index contributed by atoms with van der Waals surface area (Å²) in [6, 6.07) is 5.32. The molecule has 0 bridgehead atoms. The second kappa shape index (κ2) is 6.56. The second-order valence-corrected chi connectivity index (χ2v) is 7.96. The molecule has 0 aromatic heterocycles. The lowest BCUT2D eigenvalue weighted by Gasteiger charge is -2.15. The van der Waals surface area contributed by atoms with E-state index in [2.05, 4.69) is 32.5 Å². The van der Waals surface area contributed by atoms with E-state index >= 15 is 0 Å². The molecule has 1 unspecified atom stereocenters. The first-order chi connectivity index (χ1) is 9.42. The van der Waals surface area contributed by atoms with Gasteiger partial charge < -0.3 is 4.90 Å². The Balaban J connectivity index is 2.03. The number of hydrogen-bond donors (Lipinski definition) is 1. The normalized spacial score (nSPS) is 20.4. The lowest BCUT2D eigenvalue weighted by atomic mass is 10.1. The predicted octanol–water partition coefficient (Wildman–Crippen LogP) is 2.38. The number of rotatable bonds is 5. The summed E-state index contributed by atoms with van der Waals surface area (Å²) in [5.41, 5.74) is 0.766. The molecule has 1 atom stereocenters. The first kappa shape index (κ1) is 15.9. The molecule has 0 radical (unpaired) electrons. The summed E-state index contributed by atoms with van der Waals surface area (Å²) >= 11 is 3.32. The third kappa shape index (κ3) is 3.81. The van der Waals surface area contributed by atoms with E-state index in [1.54, 1.807) is 6.07 Å². The van der Waals surface area contributed by atoms with Crippen molar-refractivity contribution in [2.24, 2.45) is 5.92 Å². The van der Waals surface area contributed by atoms with E-state index in [-0.39, 0.29) is 0 Å². The monoisotopic (exact) mass is 360 g/mol. The van der Waals surface area contributed by atoms with Crippen molar-refractivity contribution < 1.29 is 8.42 Å². The minimum Gasteiger partial charge on any atom is -0.303 e. The number of halogens is 1. The standard InChI is InChI=1S/C14H21BrN2O2S/c1-3-17-7-6-12(10-17)9-16-20(18,19)14-8-13(15)5-4-11(14)2/h4-5,8,12,16H,3,6-7,9-10H2,1-2H3. The molecule has 1 aliphatic heterocycles. The molecule has 112 valence electrons. The van der Waals surface area contributed by atoms with Crippen molar-refractivity contribution in [1.82, 2.24) is 9.62 Å². The van der Waals surface area contributed by atoms with Crippen molar-refractivity contribution in [1.29, 1.82) is 0 Å². The highest BCUT2D eigenvalue weighted by atomic mass is 79.9. The van der Waals surface area contributed by atoms with Gasteiger partial charge in [0.1, 0.15) is 0 Å². The molecule has 2 rings (SSSR count). The van der Waals surface area contributed by atoms with Crippen molar-refractivity contribution in [3.8, 4) is 0 Å². The molecule has 1 heterocycles. The van der Waals surface area contributed by atoms with Gasteiger partial charge in [-0.2, -0.15) is 0 Å². The molecule has 1 saturated heterocycles. The molecule has 1 N–H and O–H groups in total. The number of hydrogen-bond acceptors (Lipinski definition) is 3. The van der Waals surface area contributed by atoms with Gasteiger partial charge in [0.15, 0.2) is 0 Å². The van der Waals surface area contributed by atoms with Gasteiger partial charge in [-0.15, -0.1) is 0 Å². The van der Waals surface area contributed by atoms with Crippen molar-refractivity contribution in [2.45, 2.75) is 25.2 Å². The molecule has 0 amide bonds. The van der Waals surface area contributed by atoms with Crippen LogP contribution in [0.3, 0.4) is 0 Å². The molecule has 1 aromatic rings. The molecular weight excluding hydrogens is 340 g/mol. The summed E-state index contributed by atoms with van der Waals surface area (Å²) < 4.78 is 28.3. The maximum atomic E-state index is 12.4. The van der Waals surface area contributed by atoms with E-state index in [9.17, 15) is 8.42 Å². The van der Waals surface area contributed by atoms with Crippen molar-refractivity contribution >= 4 is 26.0 Å². The second-order valence-electron chi connectivity index (χ2n) is 5.31. The zero-order valence-corrected chi connectivity index (χ0v) is 14.3. The fourth-order valence-corrected chi connectivity index (χ4v) is 4.43. The van der Waals surface area contributed by atoms with Gasteiger partial charge in [0.2, 0.25) is 10.0 Å². The van der Waals surface area contributed by atoms with Gasteiger partial charge >= 0.3 is 0 Å². The van der Waals surface area contributed by atoms with E-state index in [4.69, 9.17) is 0 Å². The Labute approximate surface area is 129 Å². The zero-order chi connectivity index (χ0) is 14.8. The van der Waals surface area contributed by atoms with E-state index < -0.39 is 10.0 Å². The Morgan fingerprint density at radius 2 is 2.20 bits per heavy atom. The summed E-state index contributed by atoms with van der Waals surface area (Å²) in [5.74, 6) is 0.414. The van der Waals surface area contributed by atoms with Crippen molar-refractivity contribution in [2.75, 3.05) is 26.2 Å². The first-order valence-corrected chi connectivity index (χ1v) is 9.18.